The Kier molecular flexibility index (Phi) is 7.31. The summed E-state index contributed by atoms with van der Waals surface area (Å²) in [6.07, 6.45) is 8.98. The molecule has 1 aromatic carbocycles. The van der Waals surface area contributed by atoms with E-state index in [1.54, 1.807) is 0 Å². The van der Waals surface area contributed by atoms with Crippen LogP contribution in [0, 0.1) is 0 Å². The maximum Gasteiger partial charge on any atom is 0.209 e. The van der Waals surface area contributed by atoms with Gasteiger partial charge >= 0.3 is 0 Å². The molecule has 0 amide bonds. The van der Waals surface area contributed by atoms with Crippen molar-refractivity contribution in [3.8, 4) is 0 Å². The highest BCUT2D eigenvalue weighted by molar-refractivity contribution is 7.88. The average molecular weight is 395 g/mol. The smallest absolute Gasteiger partial charge is 0.209 e. The van der Waals surface area contributed by atoms with E-state index in [9.17, 15) is 8.42 Å². The van der Waals surface area contributed by atoms with E-state index in [4.69, 9.17) is 4.74 Å². The third kappa shape index (κ3) is 6.01. The van der Waals surface area contributed by atoms with E-state index in [1.807, 2.05) is 0 Å². The number of benzene rings is 1. The monoisotopic (exact) mass is 394 g/mol. The number of aryl methyl sites for hydroxylation is 1. The molecule has 2 aliphatic rings. The van der Waals surface area contributed by atoms with Crippen molar-refractivity contribution in [1.82, 2.24) is 10.0 Å². The molecule has 0 bridgehead atoms. The number of ether oxygens (including phenoxy) is 1. The molecule has 1 heterocycles. The number of nitrogens with one attached hydrogen (secondary N) is 2. The van der Waals surface area contributed by atoms with Gasteiger partial charge in [-0.15, -0.1) is 0 Å². The molecular weight excluding hydrogens is 360 g/mol. The van der Waals surface area contributed by atoms with Crippen molar-refractivity contribution in [3.05, 3.63) is 35.4 Å². The minimum Gasteiger partial charge on any atom is -0.377 e. The highest BCUT2D eigenvalue weighted by Gasteiger charge is 2.29. The van der Waals surface area contributed by atoms with E-state index in [2.05, 4.69) is 41.2 Å². The Bertz CT molecular complexity index is 699. The topological polar surface area (TPSA) is 67.4 Å². The van der Waals surface area contributed by atoms with Crippen molar-refractivity contribution in [2.45, 2.75) is 76.0 Å². The summed E-state index contributed by atoms with van der Waals surface area (Å²) in [4.78, 5) is 0. The zero-order valence-corrected chi connectivity index (χ0v) is 17.4. The minimum absolute atomic E-state index is 0.0621. The molecule has 152 valence electrons. The molecular formula is C21H34N2O3S. The van der Waals surface area contributed by atoms with Crippen LogP contribution in [0.25, 0.3) is 0 Å². The molecule has 0 unspecified atom stereocenters. The molecule has 0 aromatic heterocycles. The fourth-order valence-electron chi connectivity index (χ4n) is 4.58. The van der Waals surface area contributed by atoms with Crippen LogP contribution in [-0.4, -0.2) is 46.0 Å². The van der Waals surface area contributed by atoms with Crippen LogP contribution in [-0.2, 0) is 21.2 Å². The molecule has 27 heavy (non-hydrogen) atoms. The van der Waals surface area contributed by atoms with Crippen molar-refractivity contribution in [2.24, 2.45) is 0 Å². The molecule has 0 spiro atoms. The van der Waals surface area contributed by atoms with Crippen LogP contribution in [0.2, 0.25) is 0 Å². The van der Waals surface area contributed by atoms with Gasteiger partial charge in [0.1, 0.15) is 0 Å². The molecule has 5 nitrogen and oxygen atoms in total. The second kappa shape index (κ2) is 9.50. The molecule has 1 saturated carbocycles. The number of rotatable bonds is 7. The summed E-state index contributed by atoms with van der Waals surface area (Å²) in [6.45, 7) is 3.73. The van der Waals surface area contributed by atoms with Crippen LogP contribution in [0.1, 0.15) is 62.5 Å². The van der Waals surface area contributed by atoms with Crippen LogP contribution in [0.5, 0.6) is 0 Å². The van der Waals surface area contributed by atoms with Gasteiger partial charge in [-0.1, -0.05) is 31.2 Å². The van der Waals surface area contributed by atoms with Crippen LogP contribution in [0.4, 0.5) is 0 Å². The van der Waals surface area contributed by atoms with E-state index in [1.165, 1.54) is 30.2 Å². The van der Waals surface area contributed by atoms with Crippen LogP contribution < -0.4 is 10.0 Å². The van der Waals surface area contributed by atoms with E-state index >= 15 is 0 Å². The van der Waals surface area contributed by atoms with Crippen molar-refractivity contribution in [2.75, 3.05) is 19.4 Å². The molecule has 1 saturated heterocycles. The molecule has 1 aliphatic heterocycles. The van der Waals surface area contributed by atoms with Crippen LogP contribution in [0.3, 0.4) is 0 Å². The number of hydrogen-bond acceptors (Lipinski definition) is 4. The zero-order valence-electron chi connectivity index (χ0n) is 16.6. The molecule has 1 aliphatic carbocycles. The third-order valence-electron chi connectivity index (χ3n) is 6.01. The summed E-state index contributed by atoms with van der Waals surface area (Å²) >= 11 is 0. The fourth-order valence-corrected chi connectivity index (χ4v) is 5.41. The van der Waals surface area contributed by atoms with E-state index in [0.29, 0.717) is 12.5 Å². The predicted octanol–water partition coefficient (Wildman–Crippen LogP) is 2.96. The van der Waals surface area contributed by atoms with Gasteiger partial charge in [-0.3, -0.25) is 0 Å². The maximum absolute atomic E-state index is 11.6. The maximum atomic E-state index is 11.6. The molecule has 2 fully saturated rings. The lowest BCUT2D eigenvalue weighted by Crippen LogP contribution is -2.55. The molecule has 0 radical (unpaired) electrons. The van der Waals surface area contributed by atoms with Gasteiger partial charge < -0.3 is 10.1 Å². The standard InChI is InChI=1S/C21H34N2O3S/c1-3-16-7-4-5-8-19(16)17-10-12-18(13-11-17)26-15-21-20(9-6-14-22-21)23-27(2,24)25/h4-5,7-8,17-18,20-23H,3,6,9-15H2,1-2H3/t17?,18?,20-,21-/m0/s1. The van der Waals surface area contributed by atoms with Crippen LogP contribution in [0.15, 0.2) is 24.3 Å². The Morgan fingerprint density at radius 3 is 2.59 bits per heavy atom. The first kappa shape index (κ1) is 20.8. The second-order valence-corrected chi connectivity index (χ2v) is 9.84. The Morgan fingerprint density at radius 2 is 1.89 bits per heavy atom. The van der Waals surface area contributed by atoms with Crippen LogP contribution >= 0.6 is 0 Å². The van der Waals surface area contributed by atoms with Gasteiger partial charge in [-0.25, -0.2) is 13.1 Å². The average Bonchev–Trinajstić information content (AvgIpc) is 2.66. The summed E-state index contributed by atoms with van der Waals surface area (Å²) < 4.78 is 32.2. The van der Waals surface area contributed by atoms with Crippen molar-refractivity contribution < 1.29 is 13.2 Å². The Balaban J connectivity index is 1.49. The second-order valence-electron chi connectivity index (χ2n) is 8.06. The normalized spacial score (nSPS) is 29.6. The third-order valence-corrected chi connectivity index (χ3v) is 6.74. The van der Waals surface area contributed by atoms with E-state index in [0.717, 1.165) is 38.6 Å². The highest BCUT2D eigenvalue weighted by Crippen LogP contribution is 2.35. The zero-order chi connectivity index (χ0) is 19.3. The lowest BCUT2D eigenvalue weighted by molar-refractivity contribution is 0.00520. The van der Waals surface area contributed by atoms with Crippen molar-refractivity contribution >= 4 is 10.0 Å². The lowest BCUT2D eigenvalue weighted by Gasteiger charge is -2.35. The van der Waals surface area contributed by atoms with Gasteiger partial charge in [0.2, 0.25) is 10.0 Å². The molecule has 1 aromatic rings. The molecule has 6 heteroatoms. The number of piperidine rings is 1. The summed E-state index contributed by atoms with van der Waals surface area (Å²) in [7, 11) is -3.19. The van der Waals surface area contributed by atoms with Gasteiger partial charge in [-0.05, 0) is 68.5 Å². The summed E-state index contributed by atoms with van der Waals surface area (Å²) in [6, 6.07) is 8.82. The van der Waals surface area contributed by atoms with Gasteiger partial charge in [0, 0.05) is 12.1 Å². The van der Waals surface area contributed by atoms with E-state index in [-0.39, 0.29) is 18.2 Å². The Labute approximate surface area is 164 Å². The highest BCUT2D eigenvalue weighted by atomic mass is 32.2. The van der Waals surface area contributed by atoms with Crippen molar-refractivity contribution in [1.29, 1.82) is 0 Å². The van der Waals surface area contributed by atoms with Gasteiger partial charge in [0.15, 0.2) is 0 Å². The van der Waals surface area contributed by atoms with E-state index < -0.39 is 10.0 Å². The Hall–Kier alpha value is -0.950. The molecule has 2 atom stereocenters. The van der Waals surface area contributed by atoms with Gasteiger partial charge in [0.05, 0.1) is 19.0 Å². The first-order chi connectivity index (χ1) is 13.0. The number of sulfonamides is 1. The SMILES string of the molecule is CCc1ccccc1C1CCC(OC[C@@H]2NCCC[C@@H]2NS(C)(=O)=O)CC1. The Morgan fingerprint density at radius 1 is 1.15 bits per heavy atom. The lowest BCUT2D eigenvalue weighted by atomic mass is 9.80. The van der Waals surface area contributed by atoms with Crippen molar-refractivity contribution in [3.63, 3.8) is 0 Å². The minimum atomic E-state index is -3.19. The van der Waals surface area contributed by atoms with Gasteiger partial charge in [-0.2, -0.15) is 0 Å². The molecule has 3 rings (SSSR count). The summed E-state index contributed by atoms with van der Waals surface area (Å²) in [5.74, 6) is 0.647. The fraction of sp³-hybridized carbons (Fsp3) is 0.714. The van der Waals surface area contributed by atoms with Gasteiger partial charge in [0.25, 0.3) is 0 Å². The predicted molar refractivity (Wildman–Crippen MR) is 110 cm³/mol. The quantitative estimate of drug-likeness (QED) is 0.746. The first-order valence-electron chi connectivity index (χ1n) is 10.4. The first-order valence-corrected chi connectivity index (χ1v) is 12.3. The summed E-state index contributed by atoms with van der Waals surface area (Å²) in [5.41, 5.74) is 2.99. The summed E-state index contributed by atoms with van der Waals surface area (Å²) in [5, 5.41) is 3.43. The molecule has 2 N–H and O–H groups in total. The largest absolute Gasteiger partial charge is 0.377 e. The number of hydrogen-bond donors (Lipinski definition) is 2.